The Labute approximate surface area is 173 Å². The maximum absolute atomic E-state index is 12.9. The fraction of sp³-hybridized carbons (Fsp3) is 0.421. The third-order valence-corrected chi connectivity index (χ3v) is 4.56. The zero-order valence-electron chi connectivity index (χ0n) is 16.4. The fourth-order valence-corrected chi connectivity index (χ4v) is 3.14. The van der Waals surface area contributed by atoms with Gasteiger partial charge in [0.1, 0.15) is 0 Å². The van der Waals surface area contributed by atoms with Gasteiger partial charge in [0.15, 0.2) is 0 Å². The molecule has 1 aromatic heterocycles. The molecule has 1 fully saturated rings. The molecule has 2 heterocycles. The molecular formula is C19H19F6N5O. The van der Waals surface area contributed by atoms with Crippen LogP contribution in [-0.2, 0) is 18.9 Å². The van der Waals surface area contributed by atoms with E-state index in [0.29, 0.717) is 29.5 Å². The van der Waals surface area contributed by atoms with Crippen LogP contribution in [-0.4, -0.2) is 29.1 Å². The molecule has 0 spiro atoms. The predicted molar refractivity (Wildman–Crippen MR) is 101 cm³/mol. The minimum Gasteiger partial charge on any atom is -0.341 e. The van der Waals surface area contributed by atoms with E-state index in [4.69, 9.17) is 0 Å². The monoisotopic (exact) mass is 447 g/mol. The highest BCUT2D eigenvalue weighted by Gasteiger charge is 2.37. The minimum absolute atomic E-state index is 0.00731. The normalized spacial score (nSPS) is 14.6. The van der Waals surface area contributed by atoms with Crippen molar-refractivity contribution in [3.63, 3.8) is 0 Å². The van der Waals surface area contributed by atoms with Crippen LogP contribution in [0, 0.1) is 6.92 Å². The van der Waals surface area contributed by atoms with Crippen molar-refractivity contribution in [3.05, 3.63) is 46.8 Å². The maximum Gasteiger partial charge on any atom is 0.416 e. The largest absolute Gasteiger partial charge is 0.416 e. The number of anilines is 2. The molecule has 12 heteroatoms. The van der Waals surface area contributed by atoms with Gasteiger partial charge in [0.2, 0.25) is 5.95 Å². The second-order valence-electron chi connectivity index (χ2n) is 7.10. The van der Waals surface area contributed by atoms with Crippen LogP contribution < -0.4 is 15.5 Å². The summed E-state index contributed by atoms with van der Waals surface area (Å²) in [5.74, 6) is 0.516. The zero-order valence-corrected chi connectivity index (χ0v) is 16.4. The fourth-order valence-electron chi connectivity index (χ4n) is 3.14. The van der Waals surface area contributed by atoms with Gasteiger partial charge in [-0.15, -0.1) is 0 Å². The van der Waals surface area contributed by atoms with Gasteiger partial charge < -0.3 is 15.5 Å². The van der Waals surface area contributed by atoms with Gasteiger partial charge in [-0.2, -0.15) is 26.3 Å². The van der Waals surface area contributed by atoms with Crippen LogP contribution in [0.15, 0.2) is 24.3 Å². The summed E-state index contributed by atoms with van der Waals surface area (Å²) in [7, 11) is 0. The molecule has 6 nitrogen and oxygen atoms in total. The van der Waals surface area contributed by atoms with Crippen molar-refractivity contribution >= 4 is 17.7 Å². The number of urea groups is 1. The predicted octanol–water partition coefficient (Wildman–Crippen LogP) is 4.74. The molecular weight excluding hydrogens is 428 g/mol. The van der Waals surface area contributed by atoms with Crippen LogP contribution in [0.5, 0.6) is 0 Å². The number of rotatable bonds is 4. The molecule has 3 rings (SSSR count). The van der Waals surface area contributed by atoms with Crippen molar-refractivity contribution in [2.24, 2.45) is 0 Å². The number of benzene rings is 1. The van der Waals surface area contributed by atoms with E-state index in [0.717, 1.165) is 25.9 Å². The number of carbonyl (C=O) groups is 1. The van der Waals surface area contributed by atoms with Gasteiger partial charge in [-0.05, 0) is 44.0 Å². The molecule has 2 aromatic rings. The van der Waals surface area contributed by atoms with Gasteiger partial charge >= 0.3 is 18.4 Å². The van der Waals surface area contributed by atoms with Crippen molar-refractivity contribution in [2.75, 3.05) is 23.3 Å². The first-order valence-corrected chi connectivity index (χ1v) is 9.36. The van der Waals surface area contributed by atoms with E-state index in [2.05, 4.69) is 15.3 Å². The number of hydrogen-bond acceptors (Lipinski definition) is 4. The molecule has 2 N–H and O–H groups in total. The standard InChI is InChI=1S/C19H19F6N5O/c1-11-6-15(28-16(27-11)30-4-2-3-5-30)10-26-17(31)29-14-8-12(18(20,21)22)7-13(9-14)19(23,24)25/h6-9H,2-5,10H2,1H3,(H2,26,29,31). The quantitative estimate of drug-likeness (QED) is 0.664. The summed E-state index contributed by atoms with van der Waals surface area (Å²) in [6, 6.07) is 1.54. The highest BCUT2D eigenvalue weighted by Crippen LogP contribution is 2.37. The van der Waals surface area contributed by atoms with Crippen LogP contribution in [0.2, 0.25) is 0 Å². The molecule has 0 unspecified atom stereocenters. The molecule has 1 aromatic carbocycles. The third kappa shape index (κ3) is 5.98. The minimum atomic E-state index is -5.00. The Morgan fingerprint density at radius 1 is 0.968 bits per heavy atom. The first kappa shape index (κ1) is 22.6. The highest BCUT2D eigenvalue weighted by molar-refractivity contribution is 5.89. The number of carbonyl (C=O) groups excluding carboxylic acids is 1. The molecule has 0 aliphatic carbocycles. The Balaban J connectivity index is 1.71. The summed E-state index contributed by atoms with van der Waals surface area (Å²) in [6.07, 6.45) is -7.97. The van der Waals surface area contributed by atoms with Gasteiger partial charge in [-0.25, -0.2) is 14.8 Å². The second kappa shape index (κ2) is 8.60. The summed E-state index contributed by atoms with van der Waals surface area (Å²) in [5, 5.41) is 4.41. The molecule has 1 saturated heterocycles. The summed E-state index contributed by atoms with van der Waals surface area (Å²) in [4.78, 5) is 22.8. The van der Waals surface area contributed by atoms with E-state index in [9.17, 15) is 31.1 Å². The van der Waals surface area contributed by atoms with Crippen molar-refractivity contribution in [2.45, 2.75) is 38.7 Å². The maximum atomic E-state index is 12.9. The van der Waals surface area contributed by atoms with Crippen LogP contribution in [0.3, 0.4) is 0 Å². The second-order valence-corrected chi connectivity index (χ2v) is 7.10. The van der Waals surface area contributed by atoms with Crippen molar-refractivity contribution < 1.29 is 31.1 Å². The first-order valence-electron chi connectivity index (χ1n) is 9.36. The summed E-state index contributed by atoms with van der Waals surface area (Å²) in [5.41, 5.74) is -2.53. The van der Waals surface area contributed by atoms with Crippen LogP contribution in [0.4, 0.5) is 42.8 Å². The van der Waals surface area contributed by atoms with E-state index in [1.807, 2.05) is 10.2 Å². The zero-order chi connectivity index (χ0) is 22.8. The average molecular weight is 447 g/mol. The Bertz CT molecular complexity index is 922. The molecule has 1 aliphatic rings. The number of nitrogens with zero attached hydrogens (tertiary/aromatic N) is 3. The van der Waals surface area contributed by atoms with Gasteiger partial charge in [0.05, 0.1) is 23.4 Å². The molecule has 31 heavy (non-hydrogen) atoms. The van der Waals surface area contributed by atoms with E-state index < -0.39 is 35.2 Å². The molecule has 0 radical (unpaired) electrons. The van der Waals surface area contributed by atoms with E-state index in [1.165, 1.54) is 0 Å². The van der Waals surface area contributed by atoms with E-state index in [-0.39, 0.29) is 12.6 Å². The Hall–Kier alpha value is -3.05. The lowest BCUT2D eigenvalue weighted by Crippen LogP contribution is -2.29. The highest BCUT2D eigenvalue weighted by atomic mass is 19.4. The number of aryl methyl sites for hydroxylation is 1. The Morgan fingerprint density at radius 2 is 1.55 bits per heavy atom. The smallest absolute Gasteiger partial charge is 0.341 e. The lowest BCUT2D eigenvalue weighted by atomic mass is 10.1. The van der Waals surface area contributed by atoms with Crippen LogP contribution >= 0.6 is 0 Å². The lowest BCUT2D eigenvalue weighted by Gasteiger charge is -2.17. The molecule has 0 atom stereocenters. The van der Waals surface area contributed by atoms with Gasteiger partial charge in [-0.1, -0.05) is 0 Å². The number of aromatic nitrogens is 2. The van der Waals surface area contributed by atoms with E-state index in [1.54, 1.807) is 13.0 Å². The van der Waals surface area contributed by atoms with Crippen molar-refractivity contribution in [3.8, 4) is 0 Å². The van der Waals surface area contributed by atoms with E-state index >= 15 is 0 Å². The van der Waals surface area contributed by atoms with Crippen molar-refractivity contribution in [1.29, 1.82) is 0 Å². The number of nitrogens with one attached hydrogen (secondary N) is 2. The third-order valence-electron chi connectivity index (χ3n) is 4.56. The topological polar surface area (TPSA) is 70.2 Å². The summed E-state index contributed by atoms with van der Waals surface area (Å²) < 4.78 is 77.6. The van der Waals surface area contributed by atoms with Crippen LogP contribution in [0.25, 0.3) is 0 Å². The number of alkyl halides is 6. The molecule has 1 aliphatic heterocycles. The molecule has 2 amide bonds. The SMILES string of the molecule is Cc1cc(CNC(=O)Nc2cc(C(F)(F)F)cc(C(F)(F)F)c2)nc(N2CCCC2)n1. The van der Waals surface area contributed by atoms with Gasteiger partial charge in [-0.3, -0.25) is 0 Å². The van der Waals surface area contributed by atoms with Gasteiger partial charge in [0.25, 0.3) is 0 Å². The number of amides is 2. The average Bonchev–Trinajstić information content (AvgIpc) is 3.19. The Kier molecular flexibility index (Phi) is 6.27. The van der Waals surface area contributed by atoms with Gasteiger partial charge in [0, 0.05) is 24.5 Å². The van der Waals surface area contributed by atoms with Crippen LogP contribution in [0.1, 0.15) is 35.4 Å². The summed E-state index contributed by atoms with van der Waals surface area (Å²) >= 11 is 0. The summed E-state index contributed by atoms with van der Waals surface area (Å²) in [6.45, 7) is 3.30. The lowest BCUT2D eigenvalue weighted by molar-refractivity contribution is -0.143. The molecule has 0 bridgehead atoms. The molecule has 168 valence electrons. The van der Waals surface area contributed by atoms with Crippen molar-refractivity contribution in [1.82, 2.24) is 15.3 Å². The molecule has 0 saturated carbocycles. The first-order chi connectivity index (χ1) is 14.4. The Morgan fingerprint density at radius 3 is 2.10 bits per heavy atom. The number of halogens is 6. The number of hydrogen-bond donors (Lipinski definition) is 2.